The van der Waals surface area contributed by atoms with Gasteiger partial charge in [0.2, 0.25) is 0 Å². The number of aliphatic imine (C=N–C) groups is 1. The molecule has 13 heavy (non-hydrogen) atoms. The van der Waals surface area contributed by atoms with E-state index in [0.29, 0.717) is 6.04 Å². The number of ether oxygens (including phenoxy) is 1. The highest BCUT2D eigenvalue weighted by Crippen LogP contribution is 2.08. The average molecular weight is 175 g/mol. The minimum atomic E-state index is 0.332. The summed E-state index contributed by atoms with van der Waals surface area (Å²) in [7, 11) is 0. The SMILES string of the molecule is CC1COC(Cc2ccccc2)=N1. The Hall–Kier alpha value is -1.31. The summed E-state index contributed by atoms with van der Waals surface area (Å²) in [4.78, 5) is 4.38. The van der Waals surface area contributed by atoms with E-state index in [1.807, 2.05) is 18.2 Å². The quantitative estimate of drug-likeness (QED) is 0.674. The summed E-state index contributed by atoms with van der Waals surface area (Å²) < 4.78 is 5.42. The van der Waals surface area contributed by atoms with Crippen LogP contribution in [0.15, 0.2) is 35.3 Å². The Morgan fingerprint density at radius 2 is 2.15 bits per heavy atom. The molecule has 1 aromatic carbocycles. The minimum absolute atomic E-state index is 0.332. The van der Waals surface area contributed by atoms with Gasteiger partial charge in [0.15, 0.2) is 5.90 Å². The average Bonchev–Trinajstić information content (AvgIpc) is 2.53. The van der Waals surface area contributed by atoms with E-state index in [2.05, 4.69) is 24.0 Å². The van der Waals surface area contributed by atoms with Crippen molar-refractivity contribution in [1.82, 2.24) is 0 Å². The standard InChI is InChI=1S/C11H13NO/c1-9-8-13-11(12-9)7-10-5-3-2-4-6-10/h2-6,9H,7-8H2,1H3. The Balaban J connectivity index is 2.03. The molecule has 0 aliphatic carbocycles. The van der Waals surface area contributed by atoms with E-state index < -0.39 is 0 Å². The third-order valence-electron chi connectivity index (χ3n) is 2.05. The predicted molar refractivity (Wildman–Crippen MR) is 53.0 cm³/mol. The summed E-state index contributed by atoms with van der Waals surface area (Å²) in [6.07, 6.45) is 0.825. The molecule has 1 aliphatic heterocycles. The van der Waals surface area contributed by atoms with Crippen molar-refractivity contribution in [2.24, 2.45) is 4.99 Å². The lowest BCUT2D eigenvalue weighted by atomic mass is 10.1. The Morgan fingerprint density at radius 3 is 2.77 bits per heavy atom. The van der Waals surface area contributed by atoms with Crippen molar-refractivity contribution in [2.75, 3.05) is 6.61 Å². The maximum absolute atomic E-state index is 5.42. The zero-order chi connectivity index (χ0) is 9.10. The molecule has 68 valence electrons. The van der Waals surface area contributed by atoms with Crippen LogP contribution in [-0.2, 0) is 11.2 Å². The van der Waals surface area contributed by atoms with Crippen LogP contribution in [0.25, 0.3) is 0 Å². The van der Waals surface area contributed by atoms with Crippen LogP contribution in [0.3, 0.4) is 0 Å². The molecule has 2 nitrogen and oxygen atoms in total. The largest absolute Gasteiger partial charge is 0.478 e. The highest BCUT2D eigenvalue weighted by atomic mass is 16.5. The number of hydrogen-bond donors (Lipinski definition) is 0. The fourth-order valence-corrected chi connectivity index (χ4v) is 1.40. The second kappa shape index (κ2) is 3.60. The zero-order valence-corrected chi connectivity index (χ0v) is 7.73. The predicted octanol–water partition coefficient (Wildman–Crippen LogP) is 2.05. The van der Waals surface area contributed by atoms with Gasteiger partial charge in [0.1, 0.15) is 6.61 Å². The molecule has 1 atom stereocenters. The van der Waals surface area contributed by atoms with Crippen molar-refractivity contribution in [3.63, 3.8) is 0 Å². The van der Waals surface area contributed by atoms with Crippen LogP contribution in [0.4, 0.5) is 0 Å². The van der Waals surface area contributed by atoms with E-state index in [0.717, 1.165) is 18.9 Å². The summed E-state index contributed by atoms with van der Waals surface area (Å²) >= 11 is 0. The summed E-state index contributed by atoms with van der Waals surface area (Å²) in [5.41, 5.74) is 1.26. The first kappa shape index (κ1) is 8.30. The van der Waals surface area contributed by atoms with Crippen molar-refractivity contribution < 1.29 is 4.74 Å². The molecule has 0 radical (unpaired) electrons. The van der Waals surface area contributed by atoms with Gasteiger partial charge in [-0.05, 0) is 12.5 Å². The van der Waals surface area contributed by atoms with Crippen molar-refractivity contribution in [3.8, 4) is 0 Å². The molecule has 0 N–H and O–H groups in total. The molecule has 0 aromatic heterocycles. The fraction of sp³-hybridized carbons (Fsp3) is 0.364. The first-order chi connectivity index (χ1) is 6.34. The molecule has 1 aliphatic rings. The van der Waals surface area contributed by atoms with Crippen molar-refractivity contribution >= 4 is 5.90 Å². The van der Waals surface area contributed by atoms with Gasteiger partial charge < -0.3 is 4.74 Å². The van der Waals surface area contributed by atoms with Gasteiger partial charge in [-0.15, -0.1) is 0 Å². The lowest BCUT2D eigenvalue weighted by Crippen LogP contribution is -2.03. The molecular formula is C11H13NO. The monoisotopic (exact) mass is 175 g/mol. The van der Waals surface area contributed by atoms with E-state index in [1.165, 1.54) is 5.56 Å². The van der Waals surface area contributed by atoms with Crippen LogP contribution in [0, 0.1) is 0 Å². The van der Waals surface area contributed by atoms with Crippen LogP contribution in [0.2, 0.25) is 0 Å². The number of nitrogens with zero attached hydrogens (tertiary/aromatic N) is 1. The van der Waals surface area contributed by atoms with Gasteiger partial charge in [0.25, 0.3) is 0 Å². The van der Waals surface area contributed by atoms with Gasteiger partial charge in [-0.3, -0.25) is 0 Å². The summed E-state index contributed by atoms with van der Waals surface area (Å²) in [6.45, 7) is 2.81. The smallest absolute Gasteiger partial charge is 0.188 e. The normalized spacial score (nSPS) is 21.0. The second-order valence-electron chi connectivity index (χ2n) is 3.35. The molecule has 0 amide bonds. The Morgan fingerprint density at radius 1 is 1.38 bits per heavy atom. The molecule has 0 saturated carbocycles. The van der Waals surface area contributed by atoms with Crippen LogP contribution >= 0.6 is 0 Å². The van der Waals surface area contributed by atoms with E-state index in [9.17, 15) is 0 Å². The molecule has 0 fully saturated rings. The molecule has 0 saturated heterocycles. The van der Waals surface area contributed by atoms with Gasteiger partial charge in [-0.25, -0.2) is 4.99 Å². The zero-order valence-electron chi connectivity index (χ0n) is 7.73. The number of rotatable bonds is 2. The molecule has 1 heterocycles. The van der Waals surface area contributed by atoms with Crippen LogP contribution in [-0.4, -0.2) is 18.5 Å². The third kappa shape index (κ3) is 2.08. The van der Waals surface area contributed by atoms with Gasteiger partial charge >= 0.3 is 0 Å². The molecule has 1 unspecified atom stereocenters. The van der Waals surface area contributed by atoms with Crippen molar-refractivity contribution in [3.05, 3.63) is 35.9 Å². The molecule has 1 aromatic rings. The van der Waals surface area contributed by atoms with Crippen LogP contribution < -0.4 is 0 Å². The topological polar surface area (TPSA) is 21.6 Å². The van der Waals surface area contributed by atoms with E-state index >= 15 is 0 Å². The van der Waals surface area contributed by atoms with Crippen molar-refractivity contribution in [2.45, 2.75) is 19.4 Å². The molecule has 0 bridgehead atoms. The van der Waals surface area contributed by atoms with Crippen LogP contribution in [0.5, 0.6) is 0 Å². The first-order valence-corrected chi connectivity index (χ1v) is 4.58. The number of hydrogen-bond acceptors (Lipinski definition) is 2. The van der Waals surface area contributed by atoms with Gasteiger partial charge in [-0.1, -0.05) is 30.3 Å². The summed E-state index contributed by atoms with van der Waals surface area (Å²) in [5.74, 6) is 0.874. The van der Waals surface area contributed by atoms with Gasteiger partial charge in [0, 0.05) is 6.42 Å². The lowest BCUT2D eigenvalue weighted by molar-refractivity contribution is 0.318. The maximum Gasteiger partial charge on any atom is 0.188 e. The minimum Gasteiger partial charge on any atom is -0.478 e. The Bertz CT molecular complexity index is 305. The first-order valence-electron chi connectivity index (χ1n) is 4.58. The molecule has 0 spiro atoms. The number of benzene rings is 1. The summed E-state index contributed by atoms with van der Waals surface area (Å²) in [6, 6.07) is 10.6. The van der Waals surface area contributed by atoms with Crippen molar-refractivity contribution in [1.29, 1.82) is 0 Å². The molecular weight excluding hydrogens is 162 g/mol. The Labute approximate surface area is 78.3 Å². The van der Waals surface area contributed by atoms with E-state index in [1.54, 1.807) is 0 Å². The lowest BCUT2D eigenvalue weighted by Gasteiger charge is -2.00. The second-order valence-corrected chi connectivity index (χ2v) is 3.35. The van der Waals surface area contributed by atoms with E-state index in [-0.39, 0.29) is 0 Å². The highest BCUT2D eigenvalue weighted by Gasteiger charge is 2.13. The Kier molecular flexibility index (Phi) is 2.30. The molecule has 2 rings (SSSR count). The highest BCUT2D eigenvalue weighted by molar-refractivity contribution is 5.80. The van der Waals surface area contributed by atoms with E-state index in [4.69, 9.17) is 4.74 Å². The van der Waals surface area contributed by atoms with Gasteiger partial charge in [0.05, 0.1) is 6.04 Å². The summed E-state index contributed by atoms with van der Waals surface area (Å²) in [5, 5.41) is 0. The fourth-order valence-electron chi connectivity index (χ4n) is 1.40. The maximum atomic E-state index is 5.42. The van der Waals surface area contributed by atoms with Gasteiger partial charge in [-0.2, -0.15) is 0 Å². The third-order valence-corrected chi connectivity index (χ3v) is 2.05. The molecule has 2 heteroatoms. The van der Waals surface area contributed by atoms with Crippen LogP contribution in [0.1, 0.15) is 12.5 Å².